The number of hydrogen-bond donors (Lipinski definition) is 13. The van der Waals surface area contributed by atoms with Crippen LogP contribution in [0.3, 0.4) is 0 Å². The van der Waals surface area contributed by atoms with E-state index in [-0.39, 0.29) is 60.8 Å². The molecule has 362 valence electrons. The van der Waals surface area contributed by atoms with Gasteiger partial charge in [0, 0.05) is 44.5 Å². The molecule has 66 heavy (non-hydrogen) atoms. The number of thioether (sulfide) groups is 2. The minimum Gasteiger partial charge on any atom is -0.491 e. The van der Waals surface area contributed by atoms with Gasteiger partial charge in [0.1, 0.15) is 24.7 Å². The number of rotatable bonds is 30. The minimum absolute atomic E-state index is 0.0135. The fraction of sp³-hybridized carbons (Fsp3) is 0.442. The van der Waals surface area contributed by atoms with E-state index in [1.165, 1.54) is 35.7 Å². The Hall–Kier alpha value is -5.82. The van der Waals surface area contributed by atoms with Crippen LogP contribution in [0.2, 0.25) is 0 Å². The zero-order valence-corrected chi connectivity index (χ0v) is 39.1. The Morgan fingerprint density at radius 1 is 0.591 bits per heavy atom. The first-order valence-corrected chi connectivity index (χ1v) is 23.6. The first-order chi connectivity index (χ1) is 31.7. The lowest BCUT2D eigenvalue weighted by Crippen LogP contribution is -2.36. The highest BCUT2D eigenvalue weighted by atomic mass is 32.2. The van der Waals surface area contributed by atoms with Crippen molar-refractivity contribution in [1.29, 1.82) is 0 Å². The number of carbonyl (C=O) groups is 4. The smallest absolute Gasteiger partial charge is 0.259 e. The van der Waals surface area contributed by atoms with E-state index in [9.17, 15) is 19.2 Å². The second-order valence-corrected chi connectivity index (χ2v) is 16.9. The molecule has 2 unspecified atom stereocenters. The zero-order chi connectivity index (χ0) is 48.4. The average molecular weight is 954 g/mol. The van der Waals surface area contributed by atoms with Gasteiger partial charge in [-0.2, -0.15) is 0 Å². The highest BCUT2D eigenvalue weighted by Gasteiger charge is 2.25. The van der Waals surface area contributed by atoms with Gasteiger partial charge < -0.3 is 82.3 Å². The molecular formula is C43H67N15O6S2. The second-order valence-electron chi connectivity index (χ2n) is 14.7. The molecule has 0 aliphatic rings. The Balaban J connectivity index is 2.04. The van der Waals surface area contributed by atoms with Gasteiger partial charge in [0.05, 0.1) is 55.8 Å². The molecule has 21 nitrogen and oxygen atoms in total. The van der Waals surface area contributed by atoms with Crippen molar-refractivity contribution in [3.05, 3.63) is 59.7 Å². The third-order valence-corrected chi connectivity index (χ3v) is 11.7. The number of benzene rings is 3. The van der Waals surface area contributed by atoms with Crippen LogP contribution in [-0.2, 0) is 9.59 Å². The molecule has 2 atom stereocenters. The monoisotopic (exact) mass is 953 g/mol. The standard InChI is InChI=1S/C43H67N15O6S2/c1-2-3-4-22-65-36-30(11-5-13-32(36)57-40(61)28(47)9-7-18-53-42(49)50)55-38(59)26-24-27(35(64-21-16-45)25-34(26)63-20-15-44)39(60)56-31-12-6-14-33(37(31)66-23-17-46)58-41(62)29(48)10-8-19-54-43(51)52/h5-6,11-14,24-25,28-29H,2-4,7-10,15-23,44-48H2,1H3,(H,55,59)(H,56,60)(H,57,61)(H,58,62)(H4,49,50,53)(H4,51,52,54). The van der Waals surface area contributed by atoms with E-state index in [2.05, 4.69) is 38.2 Å². The predicted molar refractivity (Wildman–Crippen MR) is 267 cm³/mol. The molecule has 23 heteroatoms. The van der Waals surface area contributed by atoms with Crippen molar-refractivity contribution in [2.75, 3.05) is 78.7 Å². The van der Waals surface area contributed by atoms with Gasteiger partial charge in [0.25, 0.3) is 11.8 Å². The molecule has 0 heterocycles. The SMILES string of the molecule is CCCCCSc1c(NC(=O)c2cc(C(=O)Nc3cccc(NC(=O)C(N)CCCN=C(N)N)c3SCCN)c(OCCN)cc2OCCN)cccc1NC(=O)C(N)CCCN=C(N)N. The third kappa shape index (κ3) is 18.2. The molecule has 0 saturated carbocycles. The van der Waals surface area contributed by atoms with Gasteiger partial charge in [0.15, 0.2) is 11.9 Å². The second kappa shape index (κ2) is 29.7. The molecule has 3 aromatic carbocycles. The molecular weight excluding hydrogens is 887 g/mol. The molecule has 0 fully saturated rings. The lowest BCUT2D eigenvalue weighted by atomic mass is 10.1. The van der Waals surface area contributed by atoms with Crippen LogP contribution in [0.1, 0.15) is 72.6 Å². The van der Waals surface area contributed by atoms with E-state index >= 15 is 0 Å². The van der Waals surface area contributed by atoms with Crippen LogP contribution in [0.25, 0.3) is 0 Å². The Labute approximate surface area is 394 Å². The van der Waals surface area contributed by atoms with E-state index in [4.69, 9.17) is 61.1 Å². The van der Waals surface area contributed by atoms with E-state index in [0.29, 0.717) is 89.4 Å². The van der Waals surface area contributed by atoms with Crippen molar-refractivity contribution in [3.63, 3.8) is 0 Å². The summed E-state index contributed by atoms with van der Waals surface area (Å²) in [5.41, 5.74) is 53.1. The maximum absolute atomic E-state index is 14.5. The number of unbranched alkanes of at least 4 members (excludes halogenated alkanes) is 2. The number of carbonyl (C=O) groups excluding carboxylic acids is 4. The van der Waals surface area contributed by atoms with Gasteiger partial charge in [-0.1, -0.05) is 31.9 Å². The number of nitrogens with zero attached hydrogens (tertiary/aromatic N) is 2. The van der Waals surface area contributed by atoms with Gasteiger partial charge in [-0.3, -0.25) is 29.2 Å². The molecule has 0 aromatic heterocycles. The van der Waals surface area contributed by atoms with Crippen molar-refractivity contribution in [3.8, 4) is 11.5 Å². The molecule has 0 aliphatic carbocycles. The van der Waals surface area contributed by atoms with Gasteiger partial charge in [-0.05, 0) is 68.2 Å². The van der Waals surface area contributed by atoms with Crippen LogP contribution < -0.4 is 82.3 Å². The maximum atomic E-state index is 14.5. The van der Waals surface area contributed by atoms with E-state index < -0.39 is 35.7 Å². The number of nitrogens with two attached hydrogens (primary N) is 9. The summed E-state index contributed by atoms with van der Waals surface area (Å²) in [4.78, 5) is 64.4. The number of nitrogens with one attached hydrogen (secondary N) is 4. The molecule has 3 aromatic rings. The summed E-state index contributed by atoms with van der Waals surface area (Å²) in [5.74, 6) is -0.931. The molecule has 0 saturated heterocycles. The highest BCUT2D eigenvalue weighted by Crippen LogP contribution is 2.39. The normalized spacial score (nSPS) is 11.7. The Morgan fingerprint density at radius 2 is 1.02 bits per heavy atom. The minimum atomic E-state index is -0.870. The largest absolute Gasteiger partial charge is 0.491 e. The summed E-state index contributed by atoms with van der Waals surface area (Å²) in [6.45, 7) is 3.35. The summed E-state index contributed by atoms with van der Waals surface area (Å²) < 4.78 is 11.9. The molecule has 22 N–H and O–H groups in total. The van der Waals surface area contributed by atoms with Gasteiger partial charge >= 0.3 is 0 Å². The number of anilines is 4. The van der Waals surface area contributed by atoms with Crippen LogP contribution in [0.4, 0.5) is 22.7 Å². The summed E-state index contributed by atoms with van der Waals surface area (Å²) in [6, 6.07) is 11.2. The molecule has 0 spiro atoms. The van der Waals surface area contributed by atoms with Crippen molar-refractivity contribution in [2.45, 2.75) is 73.7 Å². The number of aliphatic imine (C=N–C) groups is 2. The number of amides is 4. The first-order valence-electron chi connectivity index (χ1n) is 21.7. The quantitative estimate of drug-likeness (QED) is 0.0196. The van der Waals surface area contributed by atoms with Crippen molar-refractivity contribution >= 4 is 81.8 Å². The van der Waals surface area contributed by atoms with Gasteiger partial charge in [-0.15, -0.1) is 23.5 Å². The van der Waals surface area contributed by atoms with E-state index in [1.54, 1.807) is 36.4 Å². The fourth-order valence-corrected chi connectivity index (χ4v) is 8.06. The van der Waals surface area contributed by atoms with Crippen molar-refractivity contribution < 1.29 is 28.7 Å². The number of hydrogen-bond acceptors (Lipinski definition) is 15. The van der Waals surface area contributed by atoms with Gasteiger partial charge in [-0.25, -0.2) is 0 Å². The first kappa shape index (κ1) is 54.5. The molecule has 0 radical (unpaired) electrons. The van der Waals surface area contributed by atoms with Crippen LogP contribution in [0.5, 0.6) is 11.5 Å². The van der Waals surface area contributed by atoms with Crippen molar-refractivity contribution in [2.24, 2.45) is 61.6 Å². The summed E-state index contributed by atoms with van der Waals surface area (Å²) >= 11 is 2.79. The van der Waals surface area contributed by atoms with Crippen LogP contribution in [0, 0.1) is 0 Å². The third-order valence-electron chi connectivity index (χ3n) is 9.33. The topological polar surface area (TPSA) is 394 Å². The number of ether oxygens (including phenoxy) is 2. The summed E-state index contributed by atoms with van der Waals surface area (Å²) in [5, 5.41) is 11.7. The van der Waals surface area contributed by atoms with Crippen LogP contribution >= 0.6 is 23.5 Å². The van der Waals surface area contributed by atoms with Crippen LogP contribution in [-0.4, -0.2) is 105 Å². The Bertz CT molecular complexity index is 2120. The maximum Gasteiger partial charge on any atom is 0.259 e. The van der Waals surface area contributed by atoms with Crippen molar-refractivity contribution in [1.82, 2.24) is 0 Å². The lowest BCUT2D eigenvalue weighted by Gasteiger charge is -2.20. The predicted octanol–water partition coefficient (Wildman–Crippen LogP) is 1.84. The van der Waals surface area contributed by atoms with Crippen LogP contribution in [0.15, 0.2) is 68.3 Å². The Morgan fingerprint density at radius 3 is 1.41 bits per heavy atom. The van der Waals surface area contributed by atoms with E-state index in [0.717, 1.165) is 19.3 Å². The summed E-state index contributed by atoms with van der Waals surface area (Å²) in [6.07, 6.45) is 4.49. The number of guanidine groups is 2. The fourth-order valence-electron chi connectivity index (χ4n) is 6.09. The van der Waals surface area contributed by atoms with Gasteiger partial charge in [0.2, 0.25) is 11.8 Å². The van der Waals surface area contributed by atoms with E-state index in [1.807, 2.05) is 0 Å². The Kier molecular flexibility index (Phi) is 24.5. The zero-order valence-electron chi connectivity index (χ0n) is 37.4. The lowest BCUT2D eigenvalue weighted by molar-refractivity contribution is -0.118. The molecule has 0 aliphatic heterocycles. The highest BCUT2D eigenvalue weighted by molar-refractivity contribution is 7.99. The molecule has 4 amide bonds. The average Bonchev–Trinajstić information content (AvgIpc) is 3.29. The summed E-state index contributed by atoms with van der Waals surface area (Å²) in [7, 11) is 0. The molecule has 0 bridgehead atoms. The molecule has 3 rings (SSSR count).